The second kappa shape index (κ2) is 5.78. The number of hydrogen-bond acceptors (Lipinski definition) is 2. The zero-order chi connectivity index (χ0) is 13.8. The van der Waals surface area contributed by atoms with Crippen LogP contribution >= 0.6 is 0 Å². The number of amides is 1. The van der Waals surface area contributed by atoms with Gasteiger partial charge in [0.05, 0.1) is 13.5 Å². The van der Waals surface area contributed by atoms with Crippen molar-refractivity contribution in [2.45, 2.75) is 20.3 Å². The Labute approximate surface area is 113 Å². The Bertz CT molecular complexity index is 571. The summed E-state index contributed by atoms with van der Waals surface area (Å²) in [4.78, 5) is 17.2. The number of methoxy groups -OCH3 is 1. The first-order chi connectivity index (χ1) is 9.21. The van der Waals surface area contributed by atoms with E-state index in [1.54, 1.807) is 7.11 Å². The lowest BCUT2D eigenvalue weighted by Crippen LogP contribution is -2.31. The molecule has 0 unspecified atom stereocenters. The number of rotatable bonds is 5. The Kier molecular flexibility index (Phi) is 4.10. The molecule has 0 saturated heterocycles. The number of carbonyl (C=O) groups excluding carboxylic acids is 1. The number of likely N-dealkylation sites (N-methyl/N-ethyl adjacent to an activating group) is 1. The molecule has 0 radical (unpaired) electrons. The van der Waals surface area contributed by atoms with Crippen molar-refractivity contribution in [3.63, 3.8) is 0 Å². The molecule has 1 amide bonds. The number of ether oxygens (including phenoxy) is 1. The van der Waals surface area contributed by atoms with Crippen molar-refractivity contribution in [1.82, 2.24) is 9.88 Å². The van der Waals surface area contributed by atoms with E-state index in [0.717, 1.165) is 35.3 Å². The summed E-state index contributed by atoms with van der Waals surface area (Å²) >= 11 is 0. The highest BCUT2D eigenvalue weighted by Crippen LogP contribution is 2.28. The molecule has 0 bridgehead atoms. The third-order valence-corrected chi connectivity index (χ3v) is 3.43. The first-order valence-corrected chi connectivity index (χ1v) is 6.62. The Morgan fingerprint density at radius 3 is 2.68 bits per heavy atom. The number of H-pyrrole nitrogens is 1. The van der Waals surface area contributed by atoms with Crippen molar-refractivity contribution in [3.05, 3.63) is 30.0 Å². The number of aromatic nitrogens is 1. The quantitative estimate of drug-likeness (QED) is 0.898. The van der Waals surface area contributed by atoms with Crippen LogP contribution in [0.15, 0.2) is 24.4 Å². The Morgan fingerprint density at radius 2 is 2.05 bits per heavy atom. The first-order valence-electron chi connectivity index (χ1n) is 6.62. The summed E-state index contributed by atoms with van der Waals surface area (Å²) in [5.41, 5.74) is 1.99. The Hall–Kier alpha value is -1.97. The summed E-state index contributed by atoms with van der Waals surface area (Å²) in [6, 6.07) is 5.85. The van der Waals surface area contributed by atoms with E-state index >= 15 is 0 Å². The van der Waals surface area contributed by atoms with Crippen LogP contribution in [0.1, 0.15) is 19.4 Å². The number of benzene rings is 1. The molecule has 4 nitrogen and oxygen atoms in total. The highest BCUT2D eigenvalue weighted by Gasteiger charge is 2.15. The molecule has 1 aromatic carbocycles. The lowest BCUT2D eigenvalue weighted by molar-refractivity contribution is -0.130. The van der Waals surface area contributed by atoms with E-state index in [4.69, 9.17) is 4.74 Å². The highest BCUT2D eigenvalue weighted by molar-refractivity contribution is 5.93. The standard InChI is InChI=1S/C15H20N2O2/c1-4-17(5-2)14(18)9-11-10-16-12-7-6-8-13(19-3)15(11)12/h6-8,10,16H,4-5,9H2,1-3H3. The van der Waals surface area contributed by atoms with Gasteiger partial charge in [0.25, 0.3) is 0 Å². The molecule has 0 aliphatic heterocycles. The fourth-order valence-corrected chi connectivity index (χ4v) is 2.38. The van der Waals surface area contributed by atoms with Crippen molar-refractivity contribution in [3.8, 4) is 5.75 Å². The fourth-order valence-electron chi connectivity index (χ4n) is 2.38. The second-order valence-electron chi connectivity index (χ2n) is 4.44. The summed E-state index contributed by atoms with van der Waals surface area (Å²) in [6.07, 6.45) is 2.30. The maximum Gasteiger partial charge on any atom is 0.227 e. The molecular weight excluding hydrogens is 240 g/mol. The first kappa shape index (κ1) is 13.5. The van der Waals surface area contributed by atoms with Gasteiger partial charge in [0, 0.05) is 30.2 Å². The zero-order valence-corrected chi connectivity index (χ0v) is 11.7. The summed E-state index contributed by atoms with van der Waals surface area (Å²) in [6.45, 7) is 5.48. The maximum atomic E-state index is 12.2. The molecule has 1 aromatic heterocycles. The van der Waals surface area contributed by atoms with E-state index in [1.807, 2.05) is 43.1 Å². The van der Waals surface area contributed by atoms with E-state index < -0.39 is 0 Å². The van der Waals surface area contributed by atoms with Crippen molar-refractivity contribution in [2.75, 3.05) is 20.2 Å². The molecule has 1 heterocycles. The smallest absolute Gasteiger partial charge is 0.227 e. The molecule has 0 aliphatic carbocycles. The minimum atomic E-state index is 0.150. The van der Waals surface area contributed by atoms with Crippen LogP contribution in [0.2, 0.25) is 0 Å². The lowest BCUT2D eigenvalue weighted by atomic mass is 10.1. The van der Waals surface area contributed by atoms with Gasteiger partial charge in [-0.15, -0.1) is 0 Å². The third kappa shape index (κ3) is 2.57. The Balaban J connectivity index is 2.33. The number of nitrogens with one attached hydrogen (secondary N) is 1. The van der Waals surface area contributed by atoms with Crippen molar-refractivity contribution >= 4 is 16.8 Å². The Morgan fingerprint density at radius 1 is 1.32 bits per heavy atom. The summed E-state index contributed by atoms with van der Waals surface area (Å²) in [5, 5.41) is 1.01. The second-order valence-corrected chi connectivity index (χ2v) is 4.44. The molecule has 102 valence electrons. The van der Waals surface area contributed by atoms with Gasteiger partial charge in [-0.05, 0) is 31.5 Å². The normalized spacial score (nSPS) is 10.7. The van der Waals surface area contributed by atoms with Crippen LogP contribution in [0.25, 0.3) is 10.9 Å². The van der Waals surface area contributed by atoms with Gasteiger partial charge in [-0.3, -0.25) is 4.79 Å². The average Bonchev–Trinajstić information content (AvgIpc) is 2.83. The summed E-state index contributed by atoms with van der Waals surface area (Å²) in [5.74, 6) is 0.956. The third-order valence-electron chi connectivity index (χ3n) is 3.43. The number of aromatic amines is 1. The monoisotopic (exact) mass is 260 g/mol. The van der Waals surface area contributed by atoms with E-state index in [9.17, 15) is 4.79 Å². The number of fused-ring (bicyclic) bond motifs is 1. The fraction of sp³-hybridized carbons (Fsp3) is 0.400. The summed E-state index contributed by atoms with van der Waals surface area (Å²) < 4.78 is 5.38. The molecule has 1 N–H and O–H groups in total. The van der Waals surface area contributed by atoms with Gasteiger partial charge in [-0.25, -0.2) is 0 Å². The largest absolute Gasteiger partial charge is 0.496 e. The van der Waals surface area contributed by atoms with E-state index in [1.165, 1.54) is 0 Å². The van der Waals surface area contributed by atoms with Crippen LogP contribution in [-0.4, -0.2) is 36.0 Å². The number of nitrogens with zero attached hydrogens (tertiary/aromatic N) is 1. The van der Waals surface area contributed by atoms with Crippen LogP contribution in [0, 0.1) is 0 Å². The van der Waals surface area contributed by atoms with Crippen molar-refractivity contribution in [1.29, 1.82) is 0 Å². The molecule has 19 heavy (non-hydrogen) atoms. The molecule has 2 rings (SSSR count). The maximum absolute atomic E-state index is 12.2. The molecule has 4 heteroatoms. The van der Waals surface area contributed by atoms with Gasteiger partial charge in [-0.2, -0.15) is 0 Å². The van der Waals surface area contributed by atoms with Gasteiger partial charge in [-0.1, -0.05) is 6.07 Å². The molecule has 0 spiro atoms. The van der Waals surface area contributed by atoms with E-state index in [-0.39, 0.29) is 5.91 Å². The minimum Gasteiger partial charge on any atom is -0.496 e. The molecule has 0 atom stereocenters. The minimum absolute atomic E-state index is 0.150. The van der Waals surface area contributed by atoms with Gasteiger partial charge >= 0.3 is 0 Å². The van der Waals surface area contributed by atoms with Gasteiger partial charge in [0.2, 0.25) is 5.91 Å². The van der Waals surface area contributed by atoms with Gasteiger partial charge < -0.3 is 14.6 Å². The van der Waals surface area contributed by atoms with Crippen LogP contribution in [0.4, 0.5) is 0 Å². The highest BCUT2D eigenvalue weighted by atomic mass is 16.5. The SMILES string of the molecule is CCN(CC)C(=O)Cc1c[nH]c2cccc(OC)c12. The molecule has 0 saturated carbocycles. The van der Waals surface area contributed by atoms with Crippen LogP contribution in [0.3, 0.4) is 0 Å². The number of hydrogen-bond donors (Lipinski definition) is 1. The van der Waals surface area contributed by atoms with Gasteiger partial charge in [0.15, 0.2) is 0 Å². The zero-order valence-electron chi connectivity index (χ0n) is 11.7. The lowest BCUT2D eigenvalue weighted by Gasteiger charge is -2.18. The van der Waals surface area contributed by atoms with Crippen LogP contribution in [0.5, 0.6) is 5.75 Å². The molecule has 0 aliphatic rings. The number of carbonyl (C=O) groups is 1. The predicted molar refractivity (Wildman–Crippen MR) is 76.5 cm³/mol. The van der Waals surface area contributed by atoms with E-state index in [0.29, 0.717) is 6.42 Å². The van der Waals surface area contributed by atoms with E-state index in [2.05, 4.69) is 4.98 Å². The summed E-state index contributed by atoms with van der Waals surface area (Å²) in [7, 11) is 1.65. The topological polar surface area (TPSA) is 45.3 Å². The van der Waals surface area contributed by atoms with Crippen molar-refractivity contribution < 1.29 is 9.53 Å². The molecule has 2 aromatic rings. The van der Waals surface area contributed by atoms with Crippen molar-refractivity contribution in [2.24, 2.45) is 0 Å². The average molecular weight is 260 g/mol. The predicted octanol–water partition coefficient (Wildman–Crippen LogP) is 2.59. The van der Waals surface area contributed by atoms with Crippen LogP contribution < -0.4 is 4.74 Å². The van der Waals surface area contributed by atoms with Crippen LogP contribution in [-0.2, 0) is 11.2 Å². The molecular formula is C15H20N2O2. The molecule has 0 fully saturated rings. The van der Waals surface area contributed by atoms with Gasteiger partial charge in [0.1, 0.15) is 5.75 Å².